The lowest BCUT2D eigenvalue weighted by Crippen LogP contribution is -2.18. The Bertz CT molecular complexity index is 819. The lowest BCUT2D eigenvalue weighted by Gasteiger charge is -2.14. The van der Waals surface area contributed by atoms with Crippen LogP contribution in [0.25, 0.3) is 0 Å². The summed E-state index contributed by atoms with van der Waals surface area (Å²) in [5.74, 6) is 0.419. The molecule has 2 aromatic rings. The predicted octanol–water partition coefficient (Wildman–Crippen LogP) is 5.33. The molecule has 0 aromatic heterocycles. The Morgan fingerprint density at radius 1 is 1.00 bits per heavy atom. The van der Waals surface area contributed by atoms with Crippen LogP contribution in [0.2, 0.25) is 0 Å². The van der Waals surface area contributed by atoms with Gasteiger partial charge < -0.3 is 15.4 Å². The van der Waals surface area contributed by atoms with Crippen LogP contribution in [0, 0.1) is 11.8 Å². The molecule has 0 saturated carbocycles. The average Bonchev–Trinajstić information content (AvgIpc) is 2.60. The largest absolute Gasteiger partial charge is 0.492 e. The third-order valence-corrected chi connectivity index (χ3v) is 4.16. The summed E-state index contributed by atoms with van der Waals surface area (Å²) in [6.45, 7) is 8.28. The summed E-state index contributed by atoms with van der Waals surface area (Å²) in [6, 6.07) is 12.4. The van der Waals surface area contributed by atoms with Crippen LogP contribution < -0.4 is 15.4 Å². The van der Waals surface area contributed by atoms with Crippen molar-refractivity contribution in [2.75, 3.05) is 17.2 Å². The fourth-order valence-corrected chi connectivity index (χ4v) is 2.58. The van der Waals surface area contributed by atoms with Crippen molar-refractivity contribution in [1.29, 1.82) is 0 Å². The van der Waals surface area contributed by atoms with Gasteiger partial charge in [-0.1, -0.05) is 49.7 Å². The molecule has 0 spiro atoms. The lowest BCUT2D eigenvalue weighted by atomic mass is 10.1. The highest BCUT2D eigenvalue weighted by atomic mass is 79.9. The van der Waals surface area contributed by atoms with Gasteiger partial charge in [0.05, 0.1) is 12.2 Å². The zero-order valence-corrected chi connectivity index (χ0v) is 17.6. The summed E-state index contributed by atoms with van der Waals surface area (Å²) in [5, 5.41) is 5.69. The number of nitrogens with one attached hydrogen (secondary N) is 2. The van der Waals surface area contributed by atoms with Crippen molar-refractivity contribution in [2.24, 2.45) is 11.8 Å². The van der Waals surface area contributed by atoms with E-state index in [0.29, 0.717) is 35.2 Å². The fraction of sp³-hybridized carbons (Fsp3) is 0.333. The number of rotatable bonds is 7. The van der Waals surface area contributed by atoms with Crippen LogP contribution in [0.4, 0.5) is 11.4 Å². The maximum Gasteiger partial charge on any atom is 0.259 e. The Morgan fingerprint density at radius 2 is 1.67 bits per heavy atom. The Labute approximate surface area is 168 Å². The molecule has 2 aromatic carbocycles. The van der Waals surface area contributed by atoms with Crippen molar-refractivity contribution >= 4 is 39.1 Å². The molecule has 0 atom stereocenters. The van der Waals surface area contributed by atoms with E-state index in [2.05, 4.69) is 40.4 Å². The van der Waals surface area contributed by atoms with E-state index in [1.807, 2.05) is 19.9 Å². The number of hydrogen-bond donors (Lipinski definition) is 2. The van der Waals surface area contributed by atoms with Gasteiger partial charge >= 0.3 is 0 Å². The molecule has 0 bridgehead atoms. The van der Waals surface area contributed by atoms with Crippen LogP contribution in [0.3, 0.4) is 0 Å². The van der Waals surface area contributed by atoms with Gasteiger partial charge in [0.1, 0.15) is 5.75 Å². The first kappa shape index (κ1) is 21.0. The molecular weight excluding hydrogens is 408 g/mol. The second kappa shape index (κ2) is 9.55. The maximum atomic E-state index is 12.8. The molecule has 0 aliphatic heterocycles. The van der Waals surface area contributed by atoms with Crippen LogP contribution >= 0.6 is 15.9 Å². The van der Waals surface area contributed by atoms with E-state index >= 15 is 0 Å². The number of carbonyl (C=O) groups is 2. The SMILES string of the molecule is CC(C)COc1ccc(Br)cc1C(=O)Nc1cccc(NC(=O)C(C)C)c1. The molecule has 144 valence electrons. The number of anilines is 2. The molecule has 0 radical (unpaired) electrons. The second-order valence-corrected chi connectivity index (χ2v) is 7.94. The minimum Gasteiger partial charge on any atom is -0.492 e. The van der Waals surface area contributed by atoms with E-state index in [1.165, 1.54) is 0 Å². The maximum absolute atomic E-state index is 12.8. The quantitative estimate of drug-likeness (QED) is 0.620. The van der Waals surface area contributed by atoms with Crippen molar-refractivity contribution < 1.29 is 14.3 Å². The third kappa shape index (κ3) is 6.40. The van der Waals surface area contributed by atoms with E-state index in [0.717, 1.165) is 4.47 Å². The predicted molar refractivity (Wildman–Crippen MR) is 112 cm³/mol. The van der Waals surface area contributed by atoms with E-state index in [1.54, 1.807) is 36.4 Å². The summed E-state index contributed by atoms with van der Waals surface area (Å²) in [4.78, 5) is 24.6. The number of ether oxygens (including phenoxy) is 1. The van der Waals surface area contributed by atoms with Gasteiger partial charge in [-0.3, -0.25) is 9.59 Å². The van der Waals surface area contributed by atoms with E-state index < -0.39 is 0 Å². The standard InChI is InChI=1S/C21H25BrN2O3/c1-13(2)12-27-19-9-8-15(22)10-18(19)21(26)24-17-7-5-6-16(11-17)23-20(25)14(3)4/h5-11,13-14H,12H2,1-4H3,(H,23,25)(H,24,26). The van der Waals surface area contributed by atoms with Gasteiger partial charge in [0.15, 0.2) is 0 Å². The molecule has 2 N–H and O–H groups in total. The second-order valence-electron chi connectivity index (χ2n) is 7.02. The highest BCUT2D eigenvalue weighted by Gasteiger charge is 2.15. The van der Waals surface area contributed by atoms with Gasteiger partial charge in [0.25, 0.3) is 5.91 Å². The van der Waals surface area contributed by atoms with Crippen molar-refractivity contribution in [3.8, 4) is 5.75 Å². The average molecular weight is 433 g/mol. The third-order valence-electron chi connectivity index (χ3n) is 3.67. The smallest absolute Gasteiger partial charge is 0.259 e. The lowest BCUT2D eigenvalue weighted by molar-refractivity contribution is -0.118. The Balaban J connectivity index is 2.17. The minimum absolute atomic E-state index is 0.0742. The normalized spacial score (nSPS) is 10.8. The first-order chi connectivity index (χ1) is 12.8. The van der Waals surface area contributed by atoms with Crippen LogP contribution in [-0.2, 0) is 4.79 Å². The molecule has 0 saturated heterocycles. The van der Waals surface area contributed by atoms with Crippen LogP contribution in [0.1, 0.15) is 38.1 Å². The minimum atomic E-state index is -0.276. The van der Waals surface area contributed by atoms with Gasteiger partial charge in [0, 0.05) is 21.8 Å². The number of carbonyl (C=O) groups excluding carboxylic acids is 2. The fourth-order valence-electron chi connectivity index (χ4n) is 2.22. The first-order valence-corrected chi connectivity index (χ1v) is 9.70. The van der Waals surface area contributed by atoms with Crippen LogP contribution in [0.5, 0.6) is 5.75 Å². The molecule has 6 heteroatoms. The van der Waals surface area contributed by atoms with Crippen molar-refractivity contribution in [1.82, 2.24) is 0 Å². The number of benzene rings is 2. The monoisotopic (exact) mass is 432 g/mol. The summed E-state index contributed by atoms with van der Waals surface area (Å²) in [6.07, 6.45) is 0. The molecule has 5 nitrogen and oxygen atoms in total. The summed E-state index contributed by atoms with van der Waals surface area (Å²) < 4.78 is 6.57. The number of hydrogen-bond acceptors (Lipinski definition) is 3. The number of amides is 2. The molecule has 0 unspecified atom stereocenters. The van der Waals surface area contributed by atoms with E-state index in [9.17, 15) is 9.59 Å². The Hall–Kier alpha value is -2.34. The van der Waals surface area contributed by atoms with E-state index in [-0.39, 0.29) is 17.7 Å². The van der Waals surface area contributed by atoms with E-state index in [4.69, 9.17) is 4.74 Å². The van der Waals surface area contributed by atoms with Gasteiger partial charge in [-0.15, -0.1) is 0 Å². The molecule has 0 aliphatic rings. The molecule has 0 aliphatic carbocycles. The molecule has 27 heavy (non-hydrogen) atoms. The van der Waals surface area contributed by atoms with Crippen LogP contribution in [-0.4, -0.2) is 18.4 Å². The summed E-state index contributed by atoms with van der Waals surface area (Å²) in [5.41, 5.74) is 1.68. The Kier molecular flexibility index (Phi) is 7.42. The van der Waals surface area contributed by atoms with Crippen molar-refractivity contribution in [3.05, 3.63) is 52.5 Å². The topological polar surface area (TPSA) is 67.4 Å². The number of halogens is 1. The molecule has 0 heterocycles. The van der Waals surface area contributed by atoms with Gasteiger partial charge in [-0.05, 0) is 42.3 Å². The van der Waals surface area contributed by atoms with Crippen LogP contribution in [0.15, 0.2) is 46.9 Å². The molecule has 2 rings (SSSR count). The van der Waals surface area contributed by atoms with Crippen molar-refractivity contribution in [2.45, 2.75) is 27.7 Å². The summed E-state index contributed by atoms with van der Waals surface area (Å²) in [7, 11) is 0. The Morgan fingerprint density at radius 3 is 2.30 bits per heavy atom. The van der Waals surface area contributed by atoms with Gasteiger partial charge in [-0.2, -0.15) is 0 Å². The molecule has 2 amide bonds. The van der Waals surface area contributed by atoms with Gasteiger partial charge in [-0.25, -0.2) is 0 Å². The molecular formula is C21H25BrN2O3. The van der Waals surface area contributed by atoms with Gasteiger partial charge in [0.2, 0.25) is 5.91 Å². The summed E-state index contributed by atoms with van der Waals surface area (Å²) >= 11 is 3.40. The van der Waals surface area contributed by atoms with Crippen molar-refractivity contribution in [3.63, 3.8) is 0 Å². The highest BCUT2D eigenvalue weighted by Crippen LogP contribution is 2.25. The zero-order valence-electron chi connectivity index (χ0n) is 16.0. The molecule has 0 fully saturated rings. The highest BCUT2D eigenvalue weighted by molar-refractivity contribution is 9.10. The first-order valence-electron chi connectivity index (χ1n) is 8.91. The zero-order chi connectivity index (χ0) is 20.0.